The van der Waals surface area contributed by atoms with Gasteiger partial charge in [0.15, 0.2) is 16.5 Å². The molecule has 0 spiro atoms. The predicted octanol–water partition coefficient (Wildman–Crippen LogP) is 3.02. The predicted molar refractivity (Wildman–Crippen MR) is 98.5 cm³/mol. The zero-order valence-corrected chi connectivity index (χ0v) is 15.0. The first kappa shape index (κ1) is 16.4. The van der Waals surface area contributed by atoms with Gasteiger partial charge in [-0.3, -0.25) is 0 Å². The number of benzene rings is 1. The lowest BCUT2D eigenvalue weighted by atomic mass is 10.2. The fourth-order valence-corrected chi connectivity index (χ4v) is 3.86. The molecule has 25 heavy (non-hydrogen) atoms. The number of hydrogen-bond acceptors (Lipinski definition) is 7. The number of nitrogens with zero attached hydrogens (tertiary/aromatic N) is 2. The van der Waals surface area contributed by atoms with E-state index in [1.807, 2.05) is 24.4 Å². The zero-order chi connectivity index (χ0) is 17.1. The summed E-state index contributed by atoms with van der Waals surface area (Å²) in [4.78, 5) is 8.03. The van der Waals surface area contributed by atoms with Gasteiger partial charge in [-0.2, -0.15) is 0 Å². The summed E-state index contributed by atoms with van der Waals surface area (Å²) in [7, 11) is 1.66. The lowest BCUT2D eigenvalue weighted by molar-refractivity contribution is 0.122. The Bertz CT molecular complexity index is 839. The lowest BCUT2D eigenvalue weighted by Gasteiger charge is -2.25. The van der Waals surface area contributed by atoms with Crippen LogP contribution in [-0.2, 0) is 17.8 Å². The molecule has 1 aliphatic rings. The van der Waals surface area contributed by atoms with E-state index in [0.29, 0.717) is 6.54 Å². The molecule has 0 bridgehead atoms. The van der Waals surface area contributed by atoms with Crippen LogP contribution in [0.2, 0.25) is 0 Å². The van der Waals surface area contributed by atoms with Gasteiger partial charge in [0.05, 0.1) is 26.9 Å². The third-order valence-corrected chi connectivity index (χ3v) is 5.26. The molecule has 4 rings (SSSR count). The summed E-state index contributed by atoms with van der Waals surface area (Å²) in [5, 5.41) is 5.56. The Morgan fingerprint density at radius 1 is 1.28 bits per heavy atom. The number of furan rings is 1. The molecule has 0 atom stereocenters. The van der Waals surface area contributed by atoms with Crippen LogP contribution >= 0.6 is 11.3 Å². The van der Waals surface area contributed by atoms with Gasteiger partial charge in [-0.1, -0.05) is 12.1 Å². The maximum absolute atomic E-state index is 5.91. The summed E-state index contributed by atoms with van der Waals surface area (Å²) in [5.41, 5.74) is 0.800. The molecular formula is C18H21N3O3S. The molecule has 1 aromatic carbocycles. The Hall–Kier alpha value is -2.09. The molecule has 1 fully saturated rings. The number of para-hydroxylation sites is 1. The fraction of sp³-hybridized carbons (Fsp3) is 0.389. The fourth-order valence-electron chi connectivity index (χ4n) is 2.93. The van der Waals surface area contributed by atoms with Gasteiger partial charge in [0.2, 0.25) is 0 Å². The van der Waals surface area contributed by atoms with Gasteiger partial charge < -0.3 is 24.1 Å². The summed E-state index contributed by atoms with van der Waals surface area (Å²) in [6, 6.07) is 7.96. The average Bonchev–Trinajstić information content (AvgIpc) is 3.29. The molecule has 6 nitrogen and oxygen atoms in total. The number of thiazole rings is 1. The standard InChI is InChI=1S/C18H21N3O3S/c1-22-16-4-2-3-13-9-14(24-17(13)16)10-19-11-15-12-20-18(25-15)21-5-7-23-8-6-21/h2-4,9,12,19H,5-8,10-11H2,1H3. The van der Waals surface area contributed by atoms with Crippen LogP contribution in [0.1, 0.15) is 10.6 Å². The van der Waals surface area contributed by atoms with Crippen LogP contribution < -0.4 is 15.0 Å². The maximum Gasteiger partial charge on any atom is 0.185 e. The maximum atomic E-state index is 5.91. The van der Waals surface area contributed by atoms with E-state index in [4.69, 9.17) is 13.9 Å². The third-order valence-electron chi connectivity index (χ3n) is 4.20. The molecule has 0 aliphatic carbocycles. The third kappa shape index (κ3) is 3.63. The second-order valence-corrected chi connectivity index (χ2v) is 7.00. The summed E-state index contributed by atoms with van der Waals surface area (Å²) in [6.45, 7) is 4.84. The molecule has 0 unspecified atom stereocenters. The van der Waals surface area contributed by atoms with Gasteiger partial charge in [-0.15, -0.1) is 11.3 Å². The lowest BCUT2D eigenvalue weighted by Crippen LogP contribution is -2.36. The van der Waals surface area contributed by atoms with Crippen molar-refractivity contribution in [3.05, 3.63) is 41.1 Å². The summed E-state index contributed by atoms with van der Waals surface area (Å²) < 4.78 is 16.6. The van der Waals surface area contributed by atoms with Crippen molar-refractivity contribution < 1.29 is 13.9 Å². The van der Waals surface area contributed by atoms with Crippen molar-refractivity contribution in [1.82, 2.24) is 10.3 Å². The summed E-state index contributed by atoms with van der Waals surface area (Å²) >= 11 is 1.73. The number of aromatic nitrogens is 1. The van der Waals surface area contributed by atoms with Gasteiger partial charge >= 0.3 is 0 Å². The van der Waals surface area contributed by atoms with Crippen LogP contribution in [-0.4, -0.2) is 38.4 Å². The molecule has 1 saturated heterocycles. The van der Waals surface area contributed by atoms with Crippen LogP contribution in [0.4, 0.5) is 5.13 Å². The van der Waals surface area contributed by atoms with Gasteiger partial charge in [0.1, 0.15) is 5.76 Å². The first-order chi connectivity index (χ1) is 12.3. The van der Waals surface area contributed by atoms with E-state index in [0.717, 1.165) is 60.5 Å². The first-order valence-corrected chi connectivity index (χ1v) is 9.18. The van der Waals surface area contributed by atoms with Crippen LogP contribution in [0.3, 0.4) is 0 Å². The van der Waals surface area contributed by atoms with Gasteiger partial charge in [-0.25, -0.2) is 4.98 Å². The van der Waals surface area contributed by atoms with Crippen molar-refractivity contribution in [3.63, 3.8) is 0 Å². The van der Waals surface area contributed by atoms with Crippen LogP contribution in [0, 0.1) is 0 Å². The van der Waals surface area contributed by atoms with E-state index in [1.165, 1.54) is 4.88 Å². The second kappa shape index (κ2) is 7.43. The van der Waals surface area contributed by atoms with Gasteiger partial charge in [-0.05, 0) is 12.1 Å². The average molecular weight is 359 g/mol. The van der Waals surface area contributed by atoms with Crippen LogP contribution in [0.5, 0.6) is 5.75 Å². The highest BCUT2D eigenvalue weighted by Crippen LogP contribution is 2.28. The van der Waals surface area contributed by atoms with Crippen molar-refractivity contribution in [1.29, 1.82) is 0 Å². The van der Waals surface area contributed by atoms with E-state index >= 15 is 0 Å². The van der Waals surface area contributed by atoms with Crippen molar-refractivity contribution >= 4 is 27.4 Å². The van der Waals surface area contributed by atoms with Gasteiger partial charge in [0.25, 0.3) is 0 Å². The van der Waals surface area contributed by atoms with E-state index in [-0.39, 0.29) is 0 Å². The molecule has 1 N–H and O–H groups in total. The topological polar surface area (TPSA) is 59.8 Å². The molecule has 3 heterocycles. The van der Waals surface area contributed by atoms with Crippen molar-refractivity contribution in [3.8, 4) is 5.75 Å². The normalized spacial score (nSPS) is 15.0. The number of hydrogen-bond donors (Lipinski definition) is 1. The van der Waals surface area contributed by atoms with Crippen LogP contribution in [0.25, 0.3) is 11.0 Å². The smallest absolute Gasteiger partial charge is 0.185 e. The second-order valence-electron chi connectivity index (χ2n) is 5.90. The van der Waals surface area contributed by atoms with E-state index in [2.05, 4.69) is 21.3 Å². The minimum atomic E-state index is 0.669. The SMILES string of the molecule is COc1cccc2cc(CNCc3cnc(N4CCOCC4)s3)oc12. The molecule has 3 aromatic rings. The highest BCUT2D eigenvalue weighted by atomic mass is 32.1. The summed E-state index contributed by atoms with van der Waals surface area (Å²) in [6.07, 6.45) is 1.95. The summed E-state index contributed by atoms with van der Waals surface area (Å²) in [5.74, 6) is 1.67. The zero-order valence-electron chi connectivity index (χ0n) is 14.2. The number of fused-ring (bicyclic) bond motifs is 1. The minimum Gasteiger partial charge on any atom is -0.493 e. The van der Waals surface area contributed by atoms with Gasteiger partial charge in [0, 0.05) is 36.1 Å². The molecule has 2 aromatic heterocycles. The molecule has 0 radical (unpaired) electrons. The number of nitrogens with one attached hydrogen (secondary N) is 1. The first-order valence-electron chi connectivity index (χ1n) is 8.37. The number of ether oxygens (including phenoxy) is 2. The molecule has 0 amide bonds. The monoisotopic (exact) mass is 359 g/mol. The minimum absolute atomic E-state index is 0.669. The Morgan fingerprint density at radius 2 is 2.16 bits per heavy atom. The number of methoxy groups -OCH3 is 1. The Labute approximate surface area is 150 Å². The molecule has 1 aliphatic heterocycles. The Kier molecular flexibility index (Phi) is 4.87. The van der Waals surface area contributed by atoms with Crippen molar-refractivity contribution in [2.45, 2.75) is 13.1 Å². The Balaban J connectivity index is 1.35. The molecule has 0 saturated carbocycles. The van der Waals surface area contributed by atoms with E-state index in [1.54, 1.807) is 18.4 Å². The van der Waals surface area contributed by atoms with Crippen LogP contribution in [0.15, 0.2) is 34.9 Å². The quantitative estimate of drug-likeness (QED) is 0.730. The Morgan fingerprint density at radius 3 is 3.00 bits per heavy atom. The molecular weight excluding hydrogens is 338 g/mol. The van der Waals surface area contributed by atoms with Crippen molar-refractivity contribution in [2.24, 2.45) is 0 Å². The molecule has 132 valence electrons. The number of morpholine rings is 1. The van der Waals surface area contributed by atoms with E-state index in [9.17, 15) is 0 Å². The van der Waals surface area contributed by atoms with E-state index < -0.39 is 0 Å². The highest BCUT2D eigenvalue weighted by Gasteiger charge is 2.14. The molecule has 7 heteroatoms. The largest absolute Gasteiger partial charge is 0.493 e. The number of anilines is 1. The number of rotatable bonds is 6. The highest BCUT2D eigenvalue weighted by molar-refractivity contribution is 7.15. The van der Waals surface area contributed by atoms with Crippen molar-refractivity contribution in [2.75, 3.05) is 38.3 Å².